The number of aliphatic imine (C=N–C) groups is 1. The lowest BCUT2D eigenvalue weighted by molar-refractivity contribution is -0.133. The van der Waals surface area contributed by atoms with Gasteiger partial charge in [0.15, 0.2) is 5.96 Å². The Labute approximate surface area is 175 Å². The van der Waals surface area contributed by atoms with Crippen LogP contribution in [0.3, 0.4) is 0 Å². The van der Waals surface area contributed by atoms with Gasteiger partial charge in [0.1, 0.15) is 5.75 Å². The minimum absolute atomic E-state index is 0.0374. The van der Waals surface area contributed by atoms with E-state index >= 15 is 0 Å². The summed E-state index contributed by atoms with van der Waals surface area (Å²) in [5, 5.41) is 3.37. The fourth-order valence-corrected chi connectivity index (χ4v) is 3.76. The Morgan fingerprint density at radius 3 is 2.76 bits per heavy atom. The second kappa shape index (κ2) is 11.7. The average Bonchev–Trinajstić information content (AvgIpc) is 3.18. The number of nitrogens with one attached hydrogen (secondary N) is 1. The standard InChI is InChI=1S/C22H37N5O2/c1-6-23-22(26(4)17-18-11-7-8-13-20(18)29-5)24-14-10-16-27-15-9-12-19(27)21(28)25(2)3/h7-8,11,13,19H,6,9-10,12,14-17H2,1-5H3,(H,23,24). The molecule has 1 aliphatic heterocycles. The van der Waals surface area contributed by atoms with Crippen molar-refractivity contribution in [3.63, 3.8) is 0 Å². The Morgan fingerprint density at radius 2 is 2.07 bits per heavy atom. The summed E-state index contributed by atoms with van der Waals surface area (Å²) in [5.41, 5.74) is 1.13. The molecule has 1 amide bonds. The number of likely N-dealkylation sites (tertiary alicyclic amines) is 1. The minimum Gasteiger partial charge on any atom is -0.496 e. The Balaban J connectivity index is 1.90. The number of ether oxygens (including phenoxy) is 1. The number of hydrogen-bond donors (Lipinski definition) is 1. The van der Waals surface area contributed by atoms with E-state index in [1.54, 1.807) is 12.0 Å². The van der Waals surface area contributed by atoms with Gasteiger partial charge in [-0.05, 0) is 38.8 Å². The van der Waals surface area contributed by atoms with Crippen molar-refractivity contribution in [2.45, 2.75) is 38.8 Å². The molecule has 1 aromatic rings. The van der Waals surface area contributed by atoms with E-state index < -0.39 is 0 Å². The van der Waals surface area contributed by atoms with Crippen molar-refractivity contribution in [1.82, 2.24) is 20.0 Å². The third-order valence-electron chi connectivity index (χ3n) is 5.25. The molecule has 0 saturated carbocycles. The maximum atomic E-state index is 12.3. The maximum Gasteiger partial charge on any atom is 0.239 e. The molecule has 29 heavy (non-hydrogen) atoms. The number of carbonyl (C=O) groups is 1. The Hall–Kier alpha value is -2.28. The summed E-state index contributed by atoms with van der Waals surface area (Å²) in [4.78, 5) is 23.3. The Morgan fingerprint density at radius 1 is 1.31 bits per heavy atom. The van der Waals surface area contributed by atoms with E-state index in [2.05, 4.69) is 28.1 Å². The maximum absolute atomic E-state index is 12.3. The summed E-state index contributed by atoms with van der Waals surface area (Å²) in [7, 11) is 7.41. The third kappa shape index (κ3) is 6.63. The van der Waals surface area contributed by atoms with Crippen molar-refractivity contribution in [2.75, 3.05) is 54.4 Å². The molecule has 0 bridgehead atoms. The van der Waals surface area contributed by atoms with Gasteiger partial charge in [0.05, 0.1) is 13.2 Å². The van der Waals surface area contributed by atoms with Gasteiger partial charge in [-0.15, -0.1) is 0 Å². The number of methoxy groups -OCH3 is 1. The molecule has 162 valence electrons. The summed E-state index contributed by atoms with van der Waals surface area (Å²) >= 11 is 0. The molecule has 1 unspecified atom stereocenters. The van der Waals surface area contributed by atoms with Crippen LogP contribution in [0.25, 0.3) is 0 Å². The van der Waals surface area contributed by atoms with E-state index in [1.165, 1.54) is 0 Å². The molecular weight excluding hydrogens is 366 g/mol. The second-order valence-corrected chi connectivity index (χ2v) is 7.68. The largest absolute Gasteiger partial charge is 0.496 e. The monoisotopic (exact) mass is 403 g/mol. The molecule has 1 saturated heterocycles. The quantitative estimate of drug-likeness (QED) is 0.388. The summed E-state index contributed by atoms with van der Waals surface area (Å²) < 4.78 is 5.46. The molecule has 0 aromatic heterocycles. The van der Waals surface area contributed by atoms with Gasteiger partial charge in [-0.1, -0.05) is 18.2 Å². The highest BCUT2D eigenvalue weighted by Gasteiger charge is 2.30. The van der Waals surface area contributed by atoms with Crippen molar-refractivity contribution >= 4 is 11.9 Å². The van der Waals surface area contributed by atoms with Gasteiger partial charge in [-0.25, -0.2) is 0 Å². The average molecular weight is 404 g/mol. The normalized spacial score (nSPS) is 17.3. The molecule has 1 atom stereocenters. The molecule has 1 aliphatic rings. The van der Waals surface area contributed by atoms with Crippen LogP contribution in [0, 0.1) is 0 Å². The molecule has 1 aromatic carbocycles. The highest BCUT2D eigenvalue weighted by Crippen LogP contribution is 2.20. The van der Waals surface area contributed by atoms with Gasteiger partial charge < -0.3 is 19.9 Å². The van der Waals surface area contributed by atoms with E-state index in [0.717, 1.165) is 69.3 Å². The van der Waals surface area contributed by atoms with Crippen LogP contribution >= 0.6 is 0 Å². The van der Waals surface area contributed by atoms with E-state index in [1.807, 2.05) is 39.3 Å². The smallest absolute Gasteiger partial charge is 0.239 e. The number of amides is 1. The van der Waals surface area contributed by atoms with Gasteiger partial charge in [-0.2, -0.15) is 0 Å². The summed E-state index contributed by atoms with van der Waals surface area (Å²) in [6.45, 7) is 6.26. The first-order valence-electron chi connectivity index (χ1n) is 10.5. The van der Waals surface area contributed by atoms with Gasteiger partial charge in [-0.3, -0.25) is 14.7 Å². The lowest BCUT2D eigenvalue weighted by Gasteiger charge is -2.26. The predicted octanol–water partition coefficient (Wildman–Crippen LogP) is 2.04. The molecular formula is C22H37N5O2. The fraction of sp³-hybridized carbons (Fsp3) is 0.636. The summed E-state index contributed by atoms with van der Waals surface area (Å²) in [6, 6.07) is 8.10. The SMILES string of the molecule is CCNC(=NCCCN1CCCC1C(=O)N(C)C)N(C)Cc1ccccc1OC. The van der Waals surface area contributed by atoms with Gasteiger partial charge >= 0.3 is 0 Å². The van der Waals surface area contributed by atoms with Crippen molar-refractivity contribution < 1.29 is 9.53 Å². The first-order chi connectivity index (χ1) is 14.0. The Kier molecular flexibility index (Phi) is 9.25. The van der Waals surface area contributed by atoms with E-state index in [-0.39, 0.29) is 11.9 Å². The van der Waals surface area contributed by atoms with Crippen molar-refractivity contribution in [2.24, 2.45) is 4.99 Å². The van der Waals surface area contributed by atoms with Crippen LogP contribution in [0.1, 0.15) is 31.7 Å². The van der Waals surface area contributed by atoms with Crippen LogP contribution in [0.2, 0.25) is 0 Å². The predicted molar refractivity (Wildman–Crippen MR) is 118 cm³/mol. The molecule has 1 heterocycles. The van der Waals surface area contributed by atoms with Gasteiger partial charge in [0.2, 0.25) is 5.91 Å². The molecule has 0 radical (unpaired) electrons. The second-order valence-electron chi connectivity index (χ2n) is 7.68. The van der Waals surface area contributed by atoms with Crippen LogP contribution < -0.4 is 10.1 Å². The number of rotatable bonds is 9. The zero-order valence-corrected chi connectivity index (χ0v) is 18.6. The first kappa shape index (κ1) is 23.0. The van der Waals surface area contributed by atoms with Crippen molar-refractivity contribution in [3.05, 3.63) is 29.8 Å². The number of para-hydroxylation sites is 1. The molecule has 2 rings (SSSR count). The van der Waals surface area contributed by atoms with E-state index in [0.29, 0.717) is 0 Å². The number of nitrogens with zero attached hydrogens (tertiary/aromatic N) is 4. The molecule has 0 aliphatic carbocycles. The van der Waals surface area contributed by atoms with Crippen LogP contribution in [0.4, 0.5) is 0 Å². The lowest BCUT2D eigenvalue weighted by atomic mass is 10.2. The molecule has 1 fully saturated rings. The van der Waals surface area contributed by atoms with Crippen LogP contribution in [0.15, 0.2) is 29.3 Å². The van der Waals surface area contributed by atoms with Gasteiger partial charge in [0, 0.05) is 52.9 Å². The zero-order valence-electron chi connectivity index (χ0n) is 18.6. The number of guanidine groups is 1. The van der Waals surface area contributed by atoms with E-state index in [9.17, 15) is 4.79 Å². The number of carbonyl (C=O) groups excluding carboxylic acids is 1. The van der Waals surface area contributed by atoms with Crippen LogP contribution in [-0.2, 0) is 11.3 Å². The van der Waals surface area contributed by atoms with Gasteiger partial charge in [0.25, 0.3) is 0 Å². The first-order valence-corrected chi connectivity index (χ1v) is 10.5. The molecule has 0 spiro atoms. The fourth-order valence-electron chi connectivity index (χ4n) is 3.76. The summed E-state index contributed by atoms with van der Waals surface area (Å²) in [6.07, 6.45) is 3.00. The summed E-state index contributed by atoms with van der Waals surface area (Å²) in [5.74, 6) is 2.00. The zero-order chi connectivity index (χ0) is 21.2. The number of hydrogen-bond acceptors (Lipinski definition) is 4. The minimum atomic E-state index is 0.0374. The van der Waals surface area contributed by atoms with Crippen LogP contribution in [0.5, 0.6) is 5.75 Å². The van der Waals surface area contributed by atoms with E-state index in [4.69, 9.17) is 9.73 Å². The van der Waals surface area contributed by atoms with Crippen LogP contribution in [-0.4, -0.2) is 87.0 Å². The Bertz CT molecular complexity index is 677. The number of benzene rings is 1. The highest BCUT2D eigenvalue weighted by atomic mass is 16.5. The third-order valence-corrected chi connectivity index (χ3v) is 5.25. The molecule has 7 nitrogen and oxygen atoms in total. The topological polar surface area (TPSA) is 60.4 Å². The molecule has 7 heteroatoms. The number of likely N-dealkylation sites (N-methyl/N-ethyl adjacent to an activating group) is 1. The van der Waals surface area contributed by atoms with Crippen molar-refractivity contribution in [1.29, 1.82) is 0 Å². The van der Waals surface area contributed by atoms with Crippen molar-refractivity contribution in [3.8, 4) is 5.75 Å². The molecule has 1 N–H and O–H groups in total. The highest BCUT2D eigenvalue weighted by molar-refractivity contribution is 5.81. The lowest BCUT2D eigenvalue weighted by Crippen LogP contribution is -2.43.